The minimum Gasteiger partial charge on any atom is -0.391 e. The lowest BCUT2D eigenvalue weighted by Gasteiger charge is -2.40. The van der Waals surface area contributed by atoms with Crippen LogP contribution in [0.25, 0.3) is 0 Å². The van der Waals surface area contributed by atoms with Gasteiger partial charge in [0.2, 0.25) is 0 Å². The fourth-order valence-electron chi connectivity index (χ4n) is 2.71. The molecule has 0 amide bonds. The van der Waals surface area contributed by atoms with Crippen molar-refractivity contribution in [3.05, 3.63) is 0 Å². The van der Waals surface area contributed by atoms with E-state index in [1.54, 1.807) is 0 Å². The predicted octanol–water partition coefficient (Wildman–Crippen LogP) is 2.66. The topological polar surface area (TPSA) is 23.5 Å². The van der Waals surface area contributed by atoms with E-state index >= 15 is 0 Å². The van der Waals surface area contributed by atoms with E-state index in [2.05, 4.69) is 32.7 Å². The molecule has 1 rings (SSSR count). The molecular formula is C13H27NO. The molecule has 2 heteroatoms. The standard InChI is InChI=1S/C13H27NO/c1-5-6-11-7-8-13(15)12(9-11)14(4)10(2)3/h10-13,15H,5-9H2,1-4H3. The third-order valence-corrected chi connectivity index (χ3v) is 3.92. The third-order valence-electron chi connectivity index (χ3n) is 3.92. The van der Waals surface area contributed by atoms with Crippen molar-refractivity contribution >= 4 is 0 Å². The number of aliphatic hydroxyl groups excluding tert-OH is 1. The van der Waals surface area contributed by atoms with Crippen LogP contribution in [-0.2, 0) is 0 Å². The molecule has 3 atom stereocenters. The quantitative estimate of drug-likeness (QED) is 0.776. The summed E-state index contributed by atoms with van der Waals surface area (Å²) in [6.07, 6.45) is 5.90. The van der Waals surface area contributed by atoms with Crippen molar-refractivity contribution in [3.63, 3.8) is 0 Å². The van der Waals surface area contributed by atoms with Gasteiger partial charge in [0.25, 0.3) is 0 Å². The van der Waals surface area contributed by atoms with Crippen LogP contribution in [-0.4, -0.2) is 35.2 Å². The Morgan fingerprint density at radius 2 is 2.00 bits per heavy atom. The van der Waals surface area contributed by atoms with Gasteiger partial charge in [0, 0.05) is 12.1 Å². The molecule has 0 aromatic heterocycles. The van der Waals surface area contributed by atoms with Crippen molar-refractivity contribution < 1.29 is 5.11 Å². The van der Waals surface area contributed by atoms with Crippen LogP contribution in [0.5, 0.6) is 0 Å². The van der Waals surface area contributed by atoms with Gasteiger partial charge in [-0.15, -0.1) is 0 Å². The lowest BCUT2D eigenvalue weighted by atomic mass is 9.80. The maximum Gasteiger partial charge on any atom is 0.0695 e. The minimum atomic E-state index is -0.106. The average Bonchev–Trinajstić information content (AvgIpc) is 2.20. The Kier molecular flexibility index (Phi) is 5.07. The lowest BCUT2D eigenvalue weighted by Crippen LogP contribution is -2.48. The van der Waals surface area contributed by atoms with E-state index in [9.17, 15) is 5.11 Å². The molecule has 1 saturated carbocycles. The Labute approximate surface area is 94.7 Å². The van der Waals surface area contributed by atoms with Crippen LogP contribution in [0.15, 0.2) is 0 Å². The Balaban J connectivity index is 2.53. The third kappa shape index (κ3) is 3.46. The maximum atomic E-state index is 10.0. The fraction of sp³-hybridized carbons (Fsp3) is 1.00. The summed E-state index contributed by atoms with van der Waals surface area (Å²) in [6.45, 7) is 6.67. The number of hydrogen-bond donors (Lipinski definition) is 1. The average molecular weight is 213 g/mol. The molecule has 0 spiro atoms. The van der Waals surface area contributed by atoms with Crippen molar-refractivity contribution in [2.45, 2.75) is 71.1 Å². The van der Waals surface area contributed by atoms with Gasteiger partial charge in [0.05, 0.1) is 6.10 Å². The predicted molar refractivity (Wildman–Crippen MR) is 64.9 cm³/mol. The zero-order valence-corrected chi connectivity index (χ0v) is 10.7. The van der Waals surface area contributed by atoms with Gasteiger partial charge >= 0.3 is 0 Å². The number of nitrogens with zero attached hydrogens (tertiary/aromatic N) is 1. The highest BCUT2D eigenvalue weighted by Crippen LogP contribution is 2.31. The van der Waals surface area contributed by atoms with E-state index in [1.165, 1.54) is 25.7 Å². The highest BCUT2D eigenvalue weighted by Gasteiger charge is 2.32. The molecule has 3 unspecified atom stereocenters. The molecule has 90 valence electrons. The van der Waals surface area contributed by atoms with E-state index in [1.807, 2.05) is 0 Å². The number of rotatable bonds is 4. The molecule has 2 nitrogen and oxygen atoms in total. The summed E-state index contributed by atoms with van der Waals surface area (Å²) < 4.78 is 0. The first-order valence-electron chi connectivity index (χ1n) is 6.46. The zero-order valence-electron chi connectivity index (χ0n) is 10.7. The van der Waals surface area contributed by atoms with E-state index in [0.717, 1.165) is 12.3 Å². The number of hydrogen-bond acceptors (Lipinski definition) is 2. The van der Waals surface area contributed by atoms with Gasteiger partial charge in [-0.2, -0.15) is 0 Å². The summed E-state index contributed by atoms with van der Waals surface area (Å²) in [4.78, 5) is 2.34. The van der Waals surface area contributed by atoms with Crippen LogP contribution >= 0.6 is 0 Å². The Morgan fingerprint density at radius 3 is 2.53 bits per heavy atom. The van der Waals surface area contributed by atoms with Gasteiger partial charge < -0.3 is 5.11 Å². The molecule has 0 radical (unpaired) electrons. The largest absolute Gasteiger partial charge is 0.391 e. The fourth-order valence-corrected chi connectivity index (χ4v) is 2.71. The summed E-state index contributed by atoms with van der Waals surface area (Å²) in [5.74, 6) is 0.838. The van der Waals surface area contributed by atoms with Crippen molar-refractivity contribution in [1.29, 1.82) is 0 Å². The second-order valence-electron chi connectivity index (χ2n) is 5.36. The van der Waals surface area contributed by atoms with Crippen LogP contribution in [0.2, 0.25) is 0 Å². The van der Waals surface area contributed by atoms with Gasteiger partial charge in [0.1, 0.15) is 0 Å². The van der Waals surface area contributed by atoms with E-state index in [4.69, 9.17) is 0 Å². The van der Waals surface area contributed by atoms with Crippen LogP contribution < -0.4 is 0 Å². The molecule has 0 heterocycles. The van der Waals surface area contributed by atoms with Gasteiger partial charge in [-0.05, 0) is 46.1 Å². The molecule has 0 aromatic rings. The van der Waals surface area contributed by atoms with E-state index in [0.29, 0.717) is 12.1 Å². The molecule has 0 saturated heterocycles. The Bertz CT molecular complexity index is 181. The van der Waals surface area contributed by atoms with Crippen LogP contribution in [0.1, 0.15) is 52.9 Å². The molecule has 1 fully saturated rings. The first kappa shape index (κ1) is 13.0. The lowest BCUT2D eigenvalue weighted by molar-refractivity contribution is 0.00100. The van der Waals surface area contributed by atoms with Crippen LogP contribution in [0.3, 0.4) is 0 Å². The highest BCUT2D eigenvalue weighted by atomic mass is 16.3. The van der Waals surface area contributed by atoms with Crippen molar-refractivity contribution in [2.75, 3.05) is 7.05 Å². The normalized spacial score (nSPS) is 32.6. The van der Waals surface area contributed by atoms with E-state index in [-0.39, 0.29) is 6.10 Å². The molecule has 0 aliphatic heterocycles. The highest BCUT2D eigenvalue weighted by molar-refractivity contribution is 4.86. The second-order valence-corrected chi connectivity index (χ2v) is 5.36. The first-order valence-corrected chi connectivity index (χ1v) is 6.46. The molecule has 1 N–H and O–H groups in total. The molecule has 1 aliphatic rings. The summed E-state index contributed by atoms with van der Waals surface area (Å²) in [5, 5.41) is 10.0. The first-order chi connectivity index (χ1) is 7.06. The van der Waals surface area contributed by atoms with Crippen molar-refractivity contribution in [2.24, 2.45) is 5.92 Å². The smallest absolute Gasteiger partial charge is 0.0695 e. The summed E-state index contributed by atoms with van der Waals surface area (Å²) in [6, 6.07) is 0.917. The van der Waals surface area contributed by atoms with Gasteiger partial charge in [0.15, 0.2) is 0 Å². The summed E-state index contributed by atoms with van der Waals surface area (Å²) in [7, 11) is 2.15. The van der Waals surface area contributed by atoms with Crippen LogP contribution in [0, 0.1) is 5.92 Å². The molecule has 0 aromatic carbocycles. The molecular weight excluding hydrogens is 186 g/mol. The SMILES string of the molecule is CCCC1CCC(O)C(N(C)C(C)C)C1. The second kappa shape index (κ2) is 5.86. The Hall–Kier alpha value is -0.0800. The number of aliphatic hydroxyl groups is 1. The van der Waals surface area contributed by atoms with Crippen molar-refractivity contribution in [1.82, 2.24) is 4.90 Å². The van der Waals surface area contributed by atoms with Gasteiger partial charge in [-0.1, -0.05) is 19.8 Å². The zero-order chi connectivity index (χ0) is 11.4. The minimum absolute atomic E-state index is 0.106. The molecule has 0 bridgehead atoms. The molecule has 1 aliphatic carbocycles. The molecule has 15 heavy (non-hydrogen) atoms. The van der Waals surface area contributed by atoms with Gasteiger partial charge in [-0.3, -0.25) is 4.90 Å². The Morgan fingerprint density at radius 1 is 1.33 bits per heavy atom. The maximum absolute atomic E-state index is 10.0. The van der Waals surface area contributed by atoms with Gasteiger partial charge in [-0.25, -0.2) is 0 Å². The van der Waals surface area contributed by atoms with Crippen LogP contribution in [0.4, 0.5) is 0 Å². The summed E-state index contributed by atoms with van der Waals surface area (Å²) >= 11 is 0. The van der Waals surface area contributed by atoms with Crippen molar-refractivity contribution in [3.8, 4) is 0 Å². The summed E-state index contributed by atoms with van der Waals surface area (Å²) in [5.41, 5.74) is 0. The van der Waals surface area contributed by atoms with E-state index < -0.39 is 0 Å². The monoisotopic (exact) mass is 213 g/mol. The number of likely N-dealkylation sites (N-methyl/N-ethyl adjacent to an activating group) is 1.